The highest BCUT2D eigenvalue weighted by molar-refractivity contribution is 5.92. The molecule has 0 unspecified atom stereocenters. The Hall–Kier alpha value is -1.40. The van der Waals surface area contributed by atoms with Gasteiger partial charge in [-0.15, -0.1) is 0 Å². The number of carbonyl (C=O) groups is 1. The first-order chi connectivity index (χ1) is 10.8. The molecule has 1 N–H and O–H groups in total. The van der Waals surface area contributed by atoms with Gasteiger partial charge in [-0.25, -0.2) is 0 Å². The molecule has 2 fully saturated rings. The molecule has 5 atom stereocenters. The molecule has 0 amide bonds. The minimum absolute atomic E-state index is 0.0332. The van der Waals surface area contributed by atoms with E-state index in [-0.39, 0.29) is 16.6 Å². The molecule has 0 radical (unpaired) electrons. The van der Waals surface area contributed by atoms with Crippen LogP contribution in [0, 0.1) is 34.0 Å². The third-order valence-electron chi connectivity index (χ3n) is 7.67. The number of fused-ring (bicyclic) bond motifs is 5. The van der Waals surface area contributed by atoms with Crippen molar-refractivity contribution in [2.45, 2.75) is 64.4 Å². The van der Waals surface area contributed by atoms with E-state index in [1.807, 2.05) is 6.08 Å². The largest absolute Gasteiger partial charge is 0.375 e. The van der Waals surface area contributed by atoms with E-state index in [0.717, 1.165) is 32.1 Å². The first kappa shape index (κ1) is 15.1. The first-order valence-electron chi connectivity index (χ1n) is 8.92. The summed E-state index contributed by atoms with van der Waals surface area (Å²) in [6.07, 6.45) is 10.2. The molecule has 3 heteroatoms. The number of hydrogen-bond donors (Lipinski definition) is 1. The molecule has 0 heterocycles. The van der Waals surface area contributed by atoms with Crippen molar-refractivity contribution in [3.05, 3.63) is 23.3 Å². The lowest BCUT2D eigenvalue weighted by Gasteiger charge is -2.53. The molecular formula is C20H25NO2. The molecule has 23 heavy (non-hydrogen) atoms. The number of nitrogens with zero attached hydrogens (tertiary/aromatic N) is 1. The lowest BCUT2D eigenvalue weighted by Crippen LogP contribution is -2.50. The maximum absolute atomic E-state index is 11.8. The summed E-state index contributed by atoms with van der Waals surface area (Å²) in [6.45, 7) is 4.41. The van der Waals surface area contributed by atoms with E-state index in [9.17, 15) is 15.2 Å². The van der Waals surface area contributed by atoms with Gasteiger partial charge in [0.25, 0.3) is 0 Å². The van der Waals surface area contributed by atoms with Crippen LogP contribution >= 0.6 is 0 Å². The van der Waals surface area contributed by atoms with Crippen molar-refractivity contribution in [1.29, 1.82) is 5.26 Å². The van der Waals surface area contributed by atoms with Gasteiger partial charge in [0.1, 0.15) is 0 Å². The fraction of sp³-hybridized carbons (Fsp3) is 0.700. The van der Waals surface area contributed by atoms with E-state index in [0.29, 0.717) is 24.7 Å². The summed E-state index contributed by atoms with van der Waals surface area (Å²) < 4.78 is 0. The van der Waals surface area contributed by atoms with E-state index >= 15 is 0 Å². The number of rotatable bonds is 0. The molecule has 0 aromatic heterocycles. The number of aliphatic hydroxyl groups is 1. The Bertz CT molecular complexity index is 684. The van der Waals surface area contributed by atoms with E-state index in [4.69, 9.17) is 0 Å². The molecule has 4 aliphatic carbocycles. The maximum Gasteiger partial charge on any atom is 0.156 e. The van der Waals surface area contributed by atoms with Gasteiger partial charge in [0, 0.05) is 17.3 Å². The van der Waals surface area contributed by atoms with Crippen molar-refractivity contribution >= 4 is 5.78 Å². The van der Waals surface area contributed by atoms with Crippen LogP contribution in [0.5, 0.6) is 0 Å². The van der Waals surface area contributed by atoms with Crippen LogP contribution in [0.1, 0.15) is 58.8 Å². The van der Waals surface area contributed by atoms with E-state index < -0.39 is 5.60 Å². The van der Waals surface area contributed by atoms with Crippen LogP contribution in [-0.4, -0.2) is 16.5 Å². The number of allylic oxidation sites excluding steroid dienone is 4. The van der Waals surface area contributed by atoms with Gasteiger partial charge >= 0.3 is 0 Å². The highest BCUT2D eigenvalue weighted by Crippen LogP contribution is 2.65. The van der Waals surface area contributed by atoms with Crippen LogP contribution in [-0.2, 0) is 4.79 Å². The van der Waals surface area contributed by atoms with E-state index in [1.54, 1.807) is 0 Å². The Balaban J connectivity index is 1.78. The minimum atomic E-state index is -1.18. The second-order valence-corrected chi connectivity index (χ2v) is 8.51. The molecule has 2 saturated carbocycles. The molecule has 3 nitrogen and oxygen atoms in total. The maximum atomic E-state index is 11.8. The Morgan fingerprint density at radius 2 is 2.04 bits per heavy atom. The van der Waals surface area contributed by atoms with Crippen molar-refractivity contribution in [2.24, 2.45) is 22.7 Å². The first-order valence-corrected chi connectivity index (χ1v) is 8.92. The summed E-state index contributed by atoms with van der Waals surface area (Å²) in [4.78, 5) is 11.8. The second-order valence-electron chi connectivity index (χ2n) is 8.51. The van der Waals surface area contributed by atoms with Gasteiger partial charge in [0.15, 0.2) is 11.4 Å². The number of ketones is 1. The number of carbonyl (C=O) groups excluding carboxylic acids is 1. The van der Waals surface area contributed by atoms with Gasteiger partial charge < -0.3 is 5.11 Å². The lowest BCUT2D eigenvalue weighted by molar-refractivity contribution is -0.115. The number of nitriles is 1. The van der Waals surface area contributed by atoms with Gasteiger partial charge in [-0.2, -0.15) is 5.26 Å². The normalized spacial score (nSPS) is 48.5. The standard InChI is InChI=1S/C20H25NO2/c1-18-8-5-14(22)11-13(18)3-4-15-16(18)6-9-19(2)17(15)7-10-20(19,23)12-21/h6,11,15,17,23H,3-5,7-10H2,1-2H3/t15-,17+,18+,19+,20-/m1/s1. The van der Waals surface area contributed by atoms with Crippen LogP contribution in [0.3, 0.4) is 0 Å². The zero-order valence-corrected chi connectivity index (χ0v) is 14.1. The number of hydrogen-bond acceptors (Lipinski definition) is 3. The highest BCUT2D eigenvalue weighted by atomic mass is 16.3. The summed E-state index contributed by atoms with van der Waals surface area (Å²) in [5.74, 6) is 1.13. The third-order valence-corrected chi connectivity index (χ3v) is 7.67. The second kappa shape index (κ2) is 4.57. The molecule has 0 aromatic rings. The Morgan fingerprint density at radius 3 is 2.78 bits per heavy atom. The van der Waals surface area contributed by atoms with Gasteiger partial charge in [-0.05, 0) is 56.4 Å². The molecule has 0 spiro atoms. The summed E-state index contributed by atoms with van der Waals surface area (Å²) in [5.41, 5.74) is 1.34. The van der Waals surface area contributed by atoms with Crippen LogP contribution in [0.25, 0.3) is 0 Å². The van der Waals surface area contributed by atoms with Gasteiger partial charge in [-0.1, -0.05) is 31.1 Å². The Morgan fingerprint density at radius 1 is 1.26 bits per heavy atom. The van der Waals surface area contributed by atoms with Gasteiger partial charge in [0.2, 0.25) is 0 Å². The molecule has 0 aliphatic heterocycles. The van der Waals surface area contributed by atoms with Crippen LogP contribution in [0.4, 0.5) is 0 Å². The molecule has 0 bridgehead atoms. The average Bonchev–Trinajstić information content (AvgIpc) is 2.80. The summed E-state index contributed by atoms with van der Waals surface area (Å²) in [5, 5.41) is 20.4. The van der Waals surface area contributed by atoms with Gasteiger partial charge in [0.05, 0.1) is 6.07 Å². The predicted octanol–water partition coefficient (Wildman–Crippen LogP) is 3.69. The van der Waals surface area contributed by atoms with Crippen molar-refractivity contribution in [2.75, 3.05) is 0 Å². The van der Waals surface area contributed by atoms with Crippen molar-refractivity contribution in [1.82, 2.24) is 0 Å². The molecule has 4 rings (SSSR count). The van der Waals surface area contributed by atoms with Crippen LogP contribution in [0.2, 0.25) is 0 Å². The lowest BCUT2D eigenvalue weighted by atomic mass is 9.51. The molecular weight excluding hydrogens is 286 g/mol. The van der Waals surface area contributed by atoms with Crippen molar-refractivity contribution in [3.63, 3.8) is 0 Å². The van der Waals surface area contributed by atoms with Crippen LogP contribution < -0.4 is 0 Å². The quantitative estimate of drug-likeness (QED) is 0.548. The van der Waals surface area contributed by atoms with Gasteiger partial charge in [-0.3, -0.25) is 4.79 Å². The average molecular weight is 311 g/mol. The summed E-state index contributed by atoms with van der Waals surface area (Å²) in [6, 6.07) is 2.22. The summed E-state index contributed by atoms with van der Waals surface area (Å²) in [7, 11) is 0. The smallest absolute Gasteiger partial charge is 0.156 e. The van der Waals surface area contributed by atoms with E-state index in [2.05, 4.69) is 26.0 Å². The van der Waals surface area contributed by atoms with Crippen LogP contribution in [0.15, 0.2) is 23.3 Å². The fourth-order valence-corrected chi connectivity index (χ4v) is 6.05. The summed E-state index contributed by atoms with van der Waals surface area (Å²) >= 11 is 0. The Kier molecular flexibility index (Phi) is 3.01. The predicted molar refractivity (Wildman–Crippen MR) is 87.2 cm³/mol. The minimum Gasteiger partial charge on any atom is -0.375 e. The molecule has 0 saturated heterocycles. The van der Waals surface area contributed by atoms with Crippen molar-refractivity contribution < 1.29 is 9.90 Å². The molecule has 4 aliphatic rings. The third kappa shape index (κ3) is 1.76. The Labute approximate surface area is 138 Å². The van der Waals surface area contributed by atoms with E-state index in [1.165, 1.54) is 11.1 Å². The zero-order chi connectivity index (χ0) is 16.5. The topological polar surface area (TPSA) is 61.1 Å². The molecule has 0 aromatic carbocycles. The highest BCUT2D eigenvalue weighted by Gasteiger charge is 2.62. The SMILES string of the molecule is C[C@]12CCC(=O)C=C1CC[C@@H]1C2=CC[C@@]2(C)[C@H]1CC[C@@]2(O)C#N. The zero-order valence-electron chi connectivity index (χ0n) is 14.1. The molecule has 122 valence electrons. The fourth-order valence-electron chi connectivity index (χ4n) is 6.05. The monoisotopic (exact) mass is 311 g/mol. The van der Waals surface area contributed by atoms with Crippen molar-refractivity contribution in [3.8, 4) is 6.07 Å².